The second-order valence-electron chi connectivity index (χ2n) is 6.53. The Morgan fingerprint density at radius 2 is 1.62 bits per heavy atom. The highest BCUT2D eigenvalue weighted by Crippen LogP contribution is 2.27. The predicted octanol–water partition coefficient (Wildman–Crippen LogP) is 1.94. The number of likely N-dealkylation sites (tertiary alicyclic amines) is 1. The van der Waals surface area contributed by atoms with E-state index in [2.05, 4.69) is 5.32 Å². The van der Waals surface area contributed by atoms with Crippen LogP contribution in [0.1, 0.15) is 44.1 Å². The Morgan fingerprint density at radius 3 is 2.21 bits per heavy atom. The maximum atomic E-state index is 12.9. The van der Waals surface area contributed by atoms with Gasteiger partial charge >= 0.3 is 0 Å². The average molecular weight is 332 g/mol. The third-order valence-electron chi connectivity index (χ3n) is 4.80. The van der Waals surface area contributed by atoms with Crippen LogP contribution in [-0.4, -0.2) is 34.7 Å². The van der Waals surface area contributed by atoms with E-state index in [1.165, 1.54) is 17.0 Å². The van der Waals surface area contributed by atoms with Crippen molar-refractivity contribution < 1.29 is 18.8 Å². The molecule has 1 aromatic carbocycles. The number of imide groups is 1. The molecule has 24 heavy (non-hydrogen) atoms. The normalized spacial score (nSPS) is 24.3. The second-order valence-corrected chi connectivity index (χ2v) is 6.53. The molecule has 0 aromatic heterocycles. The number of amides is 3. The van der Waals surface area contributed by atoms with Gasteiger partial charge in [0.05, 0.1) is 6.42 Å². The second kappa shape index (κ2) is 7.11. The Morgan fingerprint density at radius 1 is 1.04 bits per heavy atom. The van der Waals surface area contributed by atoms with Gasteiger partial charge < -0.3 is 5.32 Å². The Balaban J connectivity index is 1.46. The Hall–Kier alpha value is -2.24. The molecule has 1 aromatic rings. The van der Waals surface area contributed by atoms with Crippen LogP contribution in [0.2, 0.25) is 0 Å². The van der Waals surface area contributed by atoms with Crippen molar-refractivity contribution in [2.24, 2.45) is 0 Å². The van der Waals surface area contributed by atoms with Crippen molar-refractivity contribution in [3.63, 3.8) is 0 Å². The number of carbonyl (C=O) groups excluding carboxylic acids is 3. The number of carbonyl (C=O) groups is 3. The minimum absolute atomic E-state index is 0.0160. The summed E-state index contributed by atoms with van der Waals surface area (Å²) < 4.78 is 12.9. The largest absolute Gasteiger partial charge is 0.353 e. The minimum Gasteiger partial charge on any atom is -0.353 e. The lowest BCUT2D eigenvalue weighted by atomic mass is 9.90. The first-order valence-electron chi connectivity index (χ1n) is 8.41. The summed E-state index contributed by atoms with van der Waals surface area (Å²) in [6.45, 7) is 0. The van der Waals surface area contributed by atoms with Gasteiger partial charge in [0.15, 0.2) is 0 Å². The van der Waals surface area contributed by atoms with Gasteiger partial charge in [0, 0.05) is 24.9 Å². The molecule has 0 bridgehead atoms. The number of nitrogens with one attached hydrogen (secondary N) is 1. The van der Waals surface area contributed by atoms with Gasteiger partial charge in [-0.25, -0.2) is 4.39 Å². The molecule has 0 radical (unpaired) electrons. The van der Waals surface area contributed by atoms with E-state index >= 15 is 0 Å². The summed E-state index contributed by atoms with van der Waals surface area (Å²) in [6.07, 6.45) is 3.87. The molecule has 2 aliphatic rings. The molecule has 3 rings (SSSR count). The molecule has 0 spiro atoms. The summed E-state index contributed by atoms with van der Waals surface area (Å²) in [6, 6.07) is 5.96. The van der Waals surface area contributed by atoms with Gasteiger partial charge in [0.1, 0.15) is 5.82 Å². The molecule has 0 atom stereocenters. The standard InChI is InChI=1S/C18H21FN2O3/c19-13-3-1-12(2-4-13)11-16(22)20-14-5-7-15(8-6-14)21-17(23)9-10-18(21)24/h1-4,14-15H,5-11H2,(H,20,22). The molecule has 5 nitrogen and oxygen atoms in total. The molecule has 3 amide bonds. The van der Waals surface area contributed by atoms with E-state index in [-0.39, 0.29) is 42.0 Å². The van der Waals surface area contributed by atoms with Crippen LogP contribution < -0.4 is 5.32 Å². The Kier molecular flexibility index (Phi) is 4.92. The average Bonchev–Trinajstić information content (AvgIpc) is 2.89. The van der Waals surface area contributed by atoms with Crippen molar-refractivity contribution >= 4 is 17.7 Å². The zero-order chi connectivity index (χ0) is 17.1. The quantitative estimate of drug-likeness (QED) is 0.857. The first-order valence-corrected chi connectivity index (χ1v) is 8.41. The highest BCUT2D eigenvalue weighted by molar-refractivity contribution is 6.02. The molecule has 2 fully saturated rings. The van der Waals surface area contributed by atoms with Crippen LogP contribution in [0.5, 0.6) is 0 Å². The third kappa shape index (κ3) is 3.80. The zero-order valence-electron chi connectivity index (χ0n) is 13.5. The van der Waals surface area contributed by atoms with E-state index in [0.717, 1.165) is 31.2 Å². The van der Waals surface area contributed by atoms with Crippen LogP contribution in [0, 0.1) is 5.82 Å². The fourth-order valence-corrected chi connectivity index (χ4v) is 3.55. The van der Waals surface area contributed by atoms with E-state index in [4.69, 9.17) is 0 Å². The number of hydrogen-bond acceptors (Lipinski definition) is 3. The number of hydrogen-bond donors (Lipinski definition) is 1. The lowest BCUT2D eigenvalue weighted by molar-refractivity contribution is -0.142. The van der Waals surface area contributed by atoms with Crippen LogP contribution in [-0.2, 0) is 20.8 Å². The lowest BCUT2D eigenvalue weighted by Gasteiger charge is -2.33. The summed E-state index contributed by atoms with van der Waals surface area (Å²) in [5.41, 5.74) is 0.774. The molecule has 1 saturated heterocycles. The molecule has 128 valence electrons. The van der Waals surface area contributed by atoms with E-state index < -0.39 is 0 Å². The van der Waals surface area contributed by atoms with Crippen molar-refractivity contribution in [1.82, 2.24) is 10.2 Å². The minimum atomic E-state index is -0.316. The predicted molar refractivity (Wildman–Crippen MR) is 85.4 cm³/mol. The summed E-state index contributed by atoms with van der Waals surface area (Å²) >= 11 is 0. The van der Waals surface area contributed by atoms with Crippen LogP contribution in [0.3, 0.4) is 0 Å². The summed E-state index contributed by atoms with van der Waals surface area (Å²) in [5.74, 6) is -0.533. The zero-order valence-corrected chi connectivity index (χ0v) is 13.5. The number of rotatable bonds is 4. The van der Waals surface area contributed by atoms with Crippen LogP contribution in [0.25, 0.3) is 0 Å². The van der Waals surface area contributed by atoms with Gasteiger partial charge in [-0.15, -0.1) is 0 Å². The lowest BCUT2D eigenvalue weighted by Crippen LogP contribution is -2.46. The molecule has 1 aliphatic carbocycles. The fraction of sp³-hybridized carbons (Fsp3) is 0.500. The van der Waals surface area contributed by atoms with Crippen molar-refractivity contribution in [3.8, 4) is 0 Å². The highest BCUT2D eigenvalue weighted by atomic mass is 19.1. The monoisotopic (exact) mass is 332 g/mol. The van der Waals surface area contributed by atoms with Gasteiger partial charge in [-0.05, 0) is 43.4 Å². The topological polar surface area (TPSA) is 66.5 Å². The summed E-state index contributed by atoms with van der Waals surface area (Å²) in [5, 5.41) is 2.99. The Labute approximate surface area is 140 Å². The molecular formula is C18H21FN2O3. The molecular weight excluding hydrogens is 311 g/mol. The number of nitrogens with zero attached hydrogens (tertiary/aromatic N) is 1. The van der Waals surface area contributed by atoms with E-state index in [1.54, 1.807) is 12.1 Å². The third-order valence-corrected chi connectivity index (χ3v) is 4.80. The number of halogens is 1. The first-order chi connectivity index (χ1) is 11.5. The maximum absolute atomic E-state index is 12.9. The van der Waals surface area contributed by atoms with Gasteiger partial charge in [-0.3, -0.25) is 19.3 Å². The van der Waals surface area contributed by atoms with Crippen LogP contribution in [0.15, 0.2) is 24.3 Å². The SMILES string of the molecule is O=C(Cc1ccc(F)cc1)NC1CCC(N2C(=O)CCC2=O)CC1. The van der Waals surface area contributed by atoms with Crippen LogP contribution >= 0.6 is 0 Å². The van der Waals surface area contributed by atoms with Crippen molar-refractivity contribution in [3.05, 3.63) is 35.6 Å². The molecule has 1 N–H and O–H groups in total. The van der Waals surface area contributed by atoms with E-state index in [0.29, 0.717) is 12.8 Å². The molecule has 1 heterocycles. The smallest absolute Gasteiger partial charge is 0.229 e. The maximum Gasteiger partial charge on any atom is 0.229 e. The summed E-state index contributed by atoms with van der Waals surface area (Å²) in [4.78, 5) is 37.1. The van der Waals surface area contributed by atoms with E-state index in [9.17, 15) is 18.8 Å². The molecule has 1 aliphatic heterocycles. The van der Waals surface area contributed by atoms with Gasteiger partial charge in [0.25, 0.3) is 0 Å². The molecule has 1 saturated carbocycles. The van der Waals surface area contributed by atoms with Crippen LogP contribution in [0.4, 0.5) is 4.39 Å². The number of benzene rings is 1. The van der Waals surface area contributed by atoms with E-state index in [1.807, 2.05) is 0 Å². The molecule has 0 unspecified atom stereocenters. The van der Waals surface area contributed by atoms with Gasteiger partial charge in [-0.2, -0.15) is 0 Å². The fourth-order valence-electron chi connectivity index (χ4n) is 3.55. The van der Waals surface area contributed by atoms with Gasteiger partial charge in [0.2, 0.25) is 17.7 Å². The highest BCUT2D eigenvalue weighted by Gasteiger charge is 2.36. The van der Waals surface area contributed by atoms with Crippen molar-refractivity contribution in [2.45, 2.75) is 57.0 Å². The summed E-state index contributed by atoms with van der Waals surface area (Å²) in [7, 11) is 0. The Bertz CT molecular complexity index is 620. The van der Waals surface area contributed by atoms with Crippen molar-refractivity contribution in [2.75, 3.05) is 0 Å². The van der Waals surface area contributed by atoms with Gasteiger partial charge in [-0.1, -0.05) is 12.1 Å². The molecule has 6 heteroatoms. The van der Waals surface area contributed by atoms with Crippen molar-refractivity contribution in [1.29, 1.82) is 0 Å². The first kappa shape index (κ1) is 16.6.